The summed E-state index contributed by atoms with van der Waals surface area (Å²) < 4.78 is 0. The largest absolute Gasteiger partial charge is 0.368 e. The molecule has 1 saturated carbocycles. The number of anilines is 1. The lowest BCUT2D eigenvalue weighted by Gasteiger charge is -2.36. The van der Waals surface area contributed by atoms with Gasteiger partial charge in [0.25, 0.3) is 0 Å². The zero-order valence-electron chi connectivity index (χ0n) is 11.0. The number of rotatable bonds is 4. The van der Waals surface area contributed by atoms with Gasteiger partial charge in [-0.2, -0.15) is 0 Å². The molecule has 0 aromatic heterocycles. The normalized spacial score (nSPS) is 20.6. The molecule has 1 aromatic carbocycles. The summed E-state index contributed by atoms with van der Waals surface area (Å²) in [4.78, 5) is 16.0. The Labute approximate surface area is 119 Å². The highest BCUT2D eigenvalue weighted by molar-refractivity contribution is 6.33. The quantitative estimate of drug-likeness (QED) is 0.791. The molecule has 2 fully saturated rings. The van der Waals surface area contributed by atoms with Gasteiger partial charge in [-0.05, 0) is 30.9 Å². The lowest BCUT2D eigenvalue weighted by molar-refractivity contribution is 0.112. The predicted molar refractivity (Wildman–Crippen MR) is 78.2 cm³/mol. The second kappa shape index (κ2) is 5.51. The minimum atomic E-state index is 0.549. The fourth-order valence-corrected chi connectivity index (χ4v) is 2.97. The molecule has 3 nitrogen and oxygen atoms in total. The van der Waals surface area contributed by atoms with Gasteiger partial charge in [-0.1, -0.05) is 17.7 Å². The van der Waals surface area contributed by atoms with Crippen LogP contribution in [0.25, 0.3) is 0 Å². The summed E-state index contributed by atoms with van der Waals surface area (Å²) in [6, 6.07) is 5.69. The highest BCUT2D eigenvalue weighted by Crippen LogP contribution is 2.31. The molecule has 1 saturated heterocycles. The van der Waals surface area contributed by atoms with E-state index in [4.69, 9.17) is 11.6 Å². The lowest BCUT2D eigenvalue weighted by Crippen LogP contribution is -2.47. The third-order valence-corrected chi connectivity index (χ3v) is 4.40. The van der Waals surface area contributed by atoms with Crippen LogP contribution in [0.3, 0.4) is 0 Å². The van der Waals surface area contributed by atoms with E-state index in [0.717, 1.165) is 44.1 Å². The number of hydrogen-bond donors (Lipinski definition) is 0. The van der Waals surface area contributed by atoms with E-state index in [2.05, 4.69) is 9.80 Å². The van der Waals surface area contributed by atoms with Gasteiger partial charge in [0.2, 0.25) is 0 Å². The van der Waals surface area contributed by atoms with Crippen molar-refractivity contribution in [2.45, 2.75) is 12.8 Å². The molecule has 0 N–H and O–H groups in total. The van der Waals surface area contributed by atoms with E-state index in [1.54, 1.807) is 6.07 Å². The summed E-state index contributed by atoms with van der Waals surface area (Å²) in [7, 11) is 0. The number of benzene rings is 1. The molecule has 1 aliphatic carbocycles. The molecule has 3 rings (SSSR count). The maximum Gasteiger partial charge on any atom is 0.153 e. The van der Waals surface area contributed by atoms with E-state index in [9.17, 15) is 4.79 Å². The van der Waals surface area contributed by atoms with E-state index in [-0.39, 0.29) is 0 Å². The Balaban J connectivity index is 1.67. The molecule has 102 valence electrons. The van der Waals surface area contributed by atoms with E-state index in [0.29, 0.717) is 10.6 Å². The first-order valence-corrected chi connectivity index (χ1v) is 7.36. The first-order valence-electron chi connectivity index (χ1n) is 6.99. The molecular weight excluding hydrogens is 260 g/mol. The molecule has 0 bridgehead atoms. The van der Waals surface area contributed by atoms with Crippen molar-refractivity contribution in [1.82, 2.24) is 4.90 Å². The number of carbonyl (C=O) groups is 1. The van der Waals surface area contributed by atoms with Crippen LogP contribution < -0.4 is 4.90 Å². The van der Waals surface area contributed by atoms with Crippen LogP contribution in [-0.4, -0.2) is 43.9 Å². The van der Waals surface area contributed by atoms with Crippen molar-refractivity contribution in [1.29, 1.82) is 0 Å². The lowest BCUT2D eigenvalue weighted by atomic mass is 10.1. The van der Waals surface area contributed by atoms with Gasteiger partial charge in [0.05, 0.1) is 10.6 Å². The van der Waals surface area contributed by atoms with Crippen molar-refractivity contribution < 1.29 is 4.79 Å². The fraction of sp³-hybridized carbons (Fsp3) is 0.533. The molecule has 4 heteroatoms. The second-order valence-electron chi connectivity index (χ2n) is 5.52. The monoisotopic (exact) mass is 278 g/mol. The van der Waals surface area contributed by atoms with Crippen molar-refractivity contribution in [3.05, 3.63) is 28.8 Å². The van der Waals surface area contributed by atoms with Gasteiger partial charge in [-0.3, -0.25) is 9.69 Å². The highest BCUT2D eigenvalue weighted by atomic mass is 35.5. The average Bonchev–Trinajstić information content (AvgIpc) is 3.23. The van der Waals surface area contributed by atoms with Crippen molar-refractivity contribution in [3.8, 4) is 0 Å². The maximum absolute atomic E-state index is 11.2. The SMILES string of the molecule is O=Cc1c(Cl)cccc1N1CCN(CC2CC2)CC1. The summed E-state index contributed by atoms with van der Waals surface area (Å²) in [6.07, 6.45) is 3.68. The minimum absolute atomic E-state index is 0.549. The Kier molecular flexibility index (Phi) is 3.76. The summed E-state index contributed by atoms with van der Waals surface area (Å²) >= 11 is 6.09. The first-order chi connectivity index (χ1) is 9.28. The summed E-state index contributed by atoms with van der Waals surface area (Å²) in [6.45, 7) is 5.38. The third kappa shape index (κ3) is 2.93. The van der Waals surface area contributed by atoms with Crippen molar-refractivity contribution in [3.63, 3.8) is 0 Å². The number of aldehydes is 1. The van der Waals surface area contributed by atoms with Crippen LogP contribution in [0.15, 0.2) is 18.2 Å². The van der Waals surface area contributed by atoms with Gasteiger partial charge < -0.3 is 4.90 Å². The number of piperazine rings is 1. The first kappa shape index (κ1) is 12.9. The number of carbonyl (C=O) groups excluding carboxylic acids is 1. The van der Waals surface area contributed by atoms with E-state index in [1.165, 1.54) is 19.4 Å². The summed E-state index contributed by atoms with van der Waals surface area (Å²) in [5.41, 5.74) is 1.60. The van der Waals surface area contributed by atoms with Gasteiger partial charge in [0, 0.05) is 38.4 Å². The molecule has 0 atom stereocenters. The molecule has 1 aliphatic heterocycles. The zero-order valence-corrected chi connectivity index (χ0v) is 11.8. The van der Waals surface area contributed by atoms with Gasteiger partial charge in [-0.25, -0.2) is 0 Å². The molecule has 0 unspecified atom stereocenters. The van der Waals surface area contributed by atoms with Crippen molar-refractivity contribution >= 4 is 23.6 Å². The van der Waals surface area contributed by atoms with Crippen molar-refractivity contribution in [2.24, 2.45) is 5.92 Å². The van der Waals surface area contributed by atoms with Gasteiger partial charge >= 0.3 is 0 Å². The van der Waals surface area contributed by atoms with Crippen LogP contribution in [0.2, 0.25) is 5.02 Å². The number of nitrogens with zero attached hydrogens (tertiary/aromatic N) is 2. The van der Waals surface area contributed by atoms with Crippen LogP contribution in [0.5, 0.6) is 0 Å². The molecule has 0 radical (unpaired) electrons. The Morgan fingerprint density at radius 3 is 2.58 bits per heavy atom. The Morgan fingerprint density at radius 1 is 1.21 bits per heavy atom. The molecule has 0 spiro atoms. The summed E-state index contributed by atoms with van der Waals surface area (Å²) in [5.74, 6) is 0.947. The number of halogens is 1. The predicted octanol–water partition coefficient (Wildman–Crippen LogP) is 2.68. The molecule has 1 heterocycles. The summed E-state index contributed by atoms with van der Waals surface area (Å²) in [5, 5.41) is 0.549. The number of hydrogen-bond acceptors (Lipinski definition) is 3. The van der Waals surface area contributed by atoms with Crippen LogP contribution in [0.1, 0.15) is 23.2 Å². The zero-order chi connectivity index (χ0) is 13.2. The smallest absolute Gasteiger partial charge is 0.153 e. The maximum atomic E-state index is 11.2. The topological polar surface area (TPSA) is 23.6 Å². The molecular formula is C15H19ClN2O. The van der Waals surface area contributed by atoms with E-state index >= 15 is 0 Å². The standard InChI is InChI=1S/C15H19ClN2O/c16-14-2-1-3-15(13(14)11-19)18-8-6-17(7-9-18)10-12-4-5-12/h1-3,11-12H,4-10H2. The van der Waals surface area contributed by atoms with Crippen LogP contribution in [0.4, 0.5) is 5.69 Å². The Hall–Kier alpha value is -1.06. The molecule has 1 aromatic rings. The molecule has 2 aliphatic rings. The average molecular weight is 279 g/mol. The molecule has 0 amide bonds. The Bertz CT molecular complexity index is 465. The second-order valence-corrected chi connectivity index (χ2v) is 5.93. The van der Waals surface area contributed by atoms with Gasteiger partial charge in [0.15, 0.2) is 6.29 Å². The molecule has 19 heavy (non-hydrogen) atoms. The van der Waals surface area contributed by atoms with Crippen LogP contribution in [0, 0.1) is 5.92 Å². The minimum Gasteiger partial charge on any atom is -0.368 e. The van der Waals surface area contributed by atoms with Crippen LogP contribution >= 0.6 is 11.6 Å². The Morgan fingerprint density at radius 2 is 1.95 bits per heavy atom. The van der Waals surface area contributed by atoms with Gasteiger partial charge in [0.1, 0.15) is 0 Å². The van der Waals surface area contributed by atoms with Gasteiger partial charge in [-0.15, -0.1) is 0 Å². The van der Waals surface area contributed by atoms with Crippen molar-refractivity contribution in [2.75, 3.05) is 37.6 Å². The van der Waals surface area contributed by atoms with E-state index in [1.807, 2.05) is 12.1 Å². The third-order valence-electron chi connectivity index (χ3n) is 4.07. The van der Waals surface area contributed by atoms with Crippen LogP contribution in [-0.2, 0) is 0 Å². The van der Waals surface area contributed by atoms with E-state index < -0.39 is 0 Å². The fourth-order valence-electron chi connectivity index (χ4n) is 2.75. The highest BCUT2D eigenvalue weighted by Gasteiger charge is 2.27.